The zero-order valence-electron chi connectivity index (χ0n) is 17.1. The van der Waals surface area contributed by atoms with Crippen LogP contribution in [-0.2, 0) is 19.7 Å². The molecule has 0 aliphatic carbocycles. The van der Waals surface area contributed by atoms with Gasteiger partial charge in [0.05, 0.1) is 20.7 Å². The molecule has 33 heavy (non-hydrogen) atoms. The molecule has 2 aromatic carbocycles. The van der Waals surface area contributed by atoms with Crippen LogP contribution in [0.2, 0.25) is 0 Å². The van der Waals surface area contributed by atoms with E-state index in [1.165, 1.54) is 40.7 Å². The van der Waals surface area contributed by atoms with Crippen molar-refractivity contribution in [2.24, 2.45) is 16.8 Å². The van der Waals surface area contributed by atoms with Gasteiger partial charge in [-0.25, -0.2) is 13.2 Å². The van der Waals surface area contributed by atoms with Crippen LogP contribution in [-0.4, -0.2) is 47.5 Å². The molecule has 13 nitrogen and oxygen atoms in total. The predicted molar refractivity (Wildman–Crippen MR) is 114 cm³/mol. The van der Waals surface area contributed by atoms with E-state index in [1.54, 1.807) is 0 Å². The van der Waals surface area contributed by atoms with E-state index in [1.807, 2.05) is 0 Å². The first kappa shape index (κ1) is 23.7. The maximum atomic E-state index is 12.7. The SMILES string of the molecule is N/C(=N\OC(=O)C1CCN(S(=O)(=O)c2ccc([N+](=O)[O-])cc2)CC1)c1ccc([N+](=O)[O-])cc1. The fraction of sp³-hybridized carbons (Fsp3) is 0.263. The van der Waals surface area contributed by atoms with E-state index >= 15 is 0 Å². The van der Waals surface area contributed by atoms with Gasteiger partial charge < -0.3 is 10.6 Å². The van der Waals surface area contributed by atoms with E-state index in [4.69, 9.17) is 10.6 Å². The Hall–Kier alpha value is -3.91. The minimum absolute atomic E-state index is 0.0562. The number of nitro benzene ring substituents is 2. The summed E-state index contributed by atoms with van der Waals surface area (Å²) in [6.45, 7) is 0.112. The summed E-state index contributed by atoms with van der Waals surface area (Å²) in [4.78, 5) is 37.3. The number of hydrogen-bond donors (Lipinski definition) is 1. The van der Waals surface area contributed by atoms with E-state index < -0.39 is 31.8 Å². The Morgan fingerprint density at radius 2 is 1.45 bits per heavy atom. The zero-order chi connectivity index (χ0) is 24.2. The van der Waals surface area contributed by atoms with Crippen LogP contribution in [0, 0.1) is 26.1 Å². The number of nitrogens with zero attached hydrogens (tertiary/aromatic N) is 4. The van der Waals surface area contributed by atoms with Crippen molar-refractivity contribution in [1.82, 2.24) is 4.31 Å². The van der Waals surface area contributed by atoms with E-state index in [0.29, 0.717) is 5.56 Å². The standard InChI is InChI=1S/C19H19N5O8S/c20-18(13-1-3-15(4-2-13)23(26)27)21-32-19(25)14-9-11-22(12-10-14)33(30,31)17-7-5-16(6-8-17)24(28)29/h1-8,14H,9-12H2,(H2,20,21). The second-order valence-electron chi connectivity index (χ2n) is 7.12. The molecule has 0 aromatic heterocycles. The molecule has 1 fully saturated rings. The van der Waals surface area contributed by atoms with E-state index in [0.717, 1.165) is 12.1 Å². The van der Waals surface area contributed by atoms with Crippen molar-refractivity contribution in [2.45, 2.75) is 17.7 Å². The highest BCUT2D eigenvalue weighted by Crippen LogP contribution is 2.26. The van der Waals surface area contributed by atoms with Crippen molar-refractivity contribution >= 4 is 33.2 Å². The molecule has 0 atom stereocenters. The molecule has 0 unspecified atom stereocenters. The summed E-state index contributed by atoms with van der Waals surface area (Å²) in [6, 6.07) is 9.78. The first-order valence-electron chi connectivity index (χ1n) is 9.63. The Balaban J connectivity index is 1.57. The van der Waals surface area contributed by atoms with Gasteiger partial charge in [-0.3, -0.25) is 20.2 Å². The summed E-state index contributed by atoms with van der Waals surface area (Å²) in [6.07, 6.45) is 0.385. The Kier molecular flexibility index (Phi) is 6.98. The summed E-state index contributed by atoms with van der Waals surface area (Å²) < 4.78 is 26.7. The molecule has 2 aromatic rings. The molecule has 0 spiro atoms. The van der Waals surface area contributed by atoms with Gasteiger partial charge in [-0.1, -0.05) is 5.16 Å². The lowest BCUT2D eigenvalue weighted by molar-refractivity contribution is -0.385. The van der Waals surface area contributed by atoms with Crippen LogP contribution in [0.1, 0.15) is 18.4 Å². The van der Waals surface area contributed by atoms with E-state index in [2.05, 4.69) is 5.16 Å². The molecule has 174 valence electrons. The van der Waals surface area contributed by atoms with Crippen molar-refractivity contribution in [2.75, 3.05) is 13.1 Å². The third-order valence-corrected chi connectivity index (χ3v) is 6.99. The van der Waals surface area contributed by atoms with Gasteiger partial charge in [0.15, 0.2) is 5.84 Å². The maximum absolute atomic E-state index is 12.7. The number of carbonyl (C=O) groups is 1. The predicted octanol–water partition coefficient (Wildman–Crippen LogP) is 1.77. The summed E-state index contributed by atoms with van der Waals surface area (Å²) in [5.74, 6) is -1.41. The van der Waals surface area contributed by atoms with E-state index in [-0.39, 0.29) is 48.0 Å². The Labute approximate surface area is 187 Å². The highest BCUT2D eigenvalue weighted by Gasteiger charge is 2.33. The molecule has 0 bridgehead atoms. The fourth-order valence-electron chi connectivity index (χ4n) is 3.20. The second-order valence-corrected chi connectivity index (χ2v) is 9.06. The van der Waals surface area contributed by atoms with Crippen molar-refractivity contribution in [1.29, 1.82) is 0 Å². The highest BCUT2D eigenvalue weighted by atomic mass is 32.2. The topological polar surface area (TPSA) is 188 Å². The van der Waals surface area contributed by atoms with Crippen molar-refractivity contribution < 1.29 is 27.9 Å². The number of nitro groups is 2. The molecule has 1 aliphatic rings. The summed E-state index contributed by atoms with van der Waals surface area (Å²) in [5.41, 5.74) is 5.73. The van der Waals surface area contributed by atoms with E-state index in [9.17, 15) is 33.4 Å². The average molecular weight is 477 g/mol. The number of hydrogen-bond acceptors (Lipinski definition) is 9. The van der Waals surface area contributed by atoms with Crippen molar-refractivity contribution in [3.63, 3.8) is 0 Å². The van der Waals surface area contributed by atoms with Crippen molar-refractivity contribution in [3.8, 4) is 0 Å². The monoisotopic (exact) mass is 477 g/mol. The molecule has 0 saturated carbocycles. The molecule has 0 radical (unpaired) electrons. The smallest absolute Gasteiger partial charge is 0.338 e. The Morgan fingerprint density at radius 3 is 1.94 bits per heavy atom. The van der Waals surface area contributed by atoms with Crippen LogP contribution >= 0.6 is 0 Å². The average Bonchev–Trinajstić information content (AvgIpc) is 2.82. The normalized spacial score (nSPS) is 15.7. The van der Waals surface area contributed by atoms with Crippen LogP contribution in [0.4, 0.5) is 11.4 Å². The Bertz CT molecular complexity index is 1190. The van der Waals surface area contributed by atoms with Crippen LogP contribution in [0.25, 0.3) is 0 Å². The summed E-state index contributed by atoms with van der Waals surface area (Å²) in [7, 11) is -3.86. The number of nitrogens with two attached hydrogens (primary N) is 1. The molecule has 0 amide bonds. The highest BCUT2D eigenvalue weighted by molar-refractivity contribution is 7.89. The molecule has 1 heterocycles. The minimum atomic E-state index is -3.86. The van der Waals surface area contributed by atoms with Gasteiger partial charge in [-0.2, -0.15) is 4.31 Å². The van der Waals surface area contributed by atoms with Crippen molar-refractivity contribution in [3.05, 3.63) is 74.3 Å². The molecular formula is C19H19N5O8S. The third kappa shape index (κ3) is 5.48. The van der Waals surface area contributed by atoms with Gasteiger partial charge >= 0.3 is 5.97 Å². The van der Waals surface area contributed by atoms with Crippen LogP contribution in [0.3, 0.4) is 0 Å². The molecule has 14 heteroatoms. The summed E-state index contributed by atoms with van der Waals surface area (Å²) >= 11 is 0. The first-order chi connectivity index (χ1) is 15.6. The molecule has 1 aliphatic heterocycles. The lowest BCUT2D eigenvalue weighted by Crippen LogP contribution is -2.40. The number of rotatable bonds is 7. The van der Waals surface area contributed by atoms with Crippen LogP contribution < -0.4 is 5.73 Å². The Morgan fingerprint density at radius 1 is 0.970 bits per heavy atom. The van der Waals surface area contributed by atoms with Gasteiger partial charge in [0.25, 0.3) is 11.4 Å². The number of non-ortho nitro benzene ring substituents is 2. The zero-order valence-corrected chi connectivity index (χ0v) is 17.9. The van der Waals surface area contributed by atoms with Crippen LogP contribution in [0.5, 0.6) is 0 Å². The number of benzene rings is 2. The maximum Gasteiger partial charge on any atom is 0.338 e. The molecule has 3 rings (SSSR count). The number of carbonyl (C=O) groups excluding carboxylic acids is 1. The fourth-order valence-corrected chi connectivity index (χ4v) is 4.67. The largest absolute Gasteiger partial charge is 0.380 e. The summed E-state index contributed by atoms with van der Waals surface area (Å²) in [5, 5.41) is 25.0. The number of piperidine rings is 1. The van der Waals surface area contributed by atoms with Gasteiger partial charge in [-0.15, -0.1) is 0 Å². The quantitative estimate of drug-likeness (QED) is 0.204. The first-order valence-corrected chi connectivity index (χ1v) is 11.1. The lowest BCUT2D eigenvalue weighted by Gasteiger charge is -2.29. The molecule has 2 N–H and O–H groups in total. The number of sulfonamides is 1. The van der Waals surface area contributed by atoms with Gasteiger partial charge in [0.2, 0.25) is 10.0 Å². The van der Waals surface area contributed by atoms with Gasteiger partial charge in [0, 0.05) is 42.9 Å². The van der Waals surface area contributed by atoms with Gasteiger partial charge in [-0.05, 0) is 37.1 Å². The number of amidine groups is 1. The lowest BCUT2D eigenvalue weighted by atomic mass is 9.99. The minimum Gasteiger partial charge on any atom is -0.380 e. The third-order valence-electron chi connectivity index (χ3n) is 5.08. The second kappa shape index (κ2) is 9.70. The van der Waals surface area contributed by atoms with Gasteiger partial charge in [0.1, 0.15) is 0 Å². The molecular weight excluding hydrogens is 458 g/mol. The number of oxime groups is 1. The van der Waals surface area contributed by atoms with Crippen LogP contribution in [0.15, 0.2) is 58.6 Å². The molecule has 1 saturated heterocycles.